The molecule has 1 heterocycles. The van der Waals surface area contributed by atoms with E-state index in [4.69, 9.17) is 14.2 Å². The lowest BCUT2D eigenvalue weighted by Gasteiger charge is -2.24. The van der Waals surface area contributed by atoms with E-state index >= 15 is 0 Å². The minimum atomic E-state index is -0.547. The molecule has 1 unspecified atom stereocenters. The molecule has 7 heteroatoms. The van der Waals surface area contributed by atoms with Gasteiger partial charge in [-0.15, -0.1) is 0 Å². The van der Waals surface area contributed by atoms with Gasteiger partial charge in [0.1, 0.15) is 19.8 Å². The summed E-state index contributed by atoms with van der Waals surface area (Å²) in [5, 5.41) is 0. The van der Waals surface area contributed by atoms with Gasteiger partial charge in [0.25, 0.3) is 0 Å². The first-order valence-electron chi connectivity index (χ1n) is 22.1. The van der Waals surface area contributed by atoms with Gasteiger partial charge in [-0.3, -0.25) is 14.4 Å². The van der Waals surface area contributed by atoms with Crippen molar-refractivity contribution in [2.75, 3.05) is 40.0 Å². The summed E-state index contributed by atoms with van der Waals surface area (Å²) >= 11 is 0. The summed E-state index contributed by atoms with van der Waals surface area (Å²) in [6.45, 7) is 8.12. The van der Waals surface area contributed by atoms with Crippen LogP contribution in [0, 0.1) is 11.3 Å². The molecule has 1 aliphatic heterocycles. The van der Waals surface area contributed by atoms with Crippen molar-refractivity contribution in [3.8, 4) is 0 Å². The van der Waals surface area contributed by atoms with Crippen LogP contribution in [0.25, 0.3) is 0 Å². The van der Waals surface area contributed by atoms with Gasteiger partial charge in [0, 0.05) is 19.4 Å². The molecule has 1 atom stereocenters. The van der Waals surface area contributed by atoms with Crippen molar-refractivity contribution in [3.05, 3.63) is 48.6 Å². The molecule has 0 bridgehead atoms. The number of likely N-dealkylation sites (tertiary alicyclic amines) is 1. The Hall–Kier alpha value is -2.67. The molecule has 0 aromatic rings. The van der Waals surface area contributed by atoms with Crippen molar-refractivity contribution >= 4 is 17.9 Å². The number of nitrogens with zero attached hydrogens (tertiary/aromatic N) is 1. The number of unbranched alkanes of at least 4 members (excludes halogenated alkanes) is 16. The summed E-state index contributed by atoms with van der Waals surface area (Å²) in [7, 11) is 2.00. The smallest absolute Gasteiger partial charge is 0.313 e. The van der Waals surface area contributed by atoms with E-state index in [1.54, 1.807) is 0 Å². The summed E-state index contributed by atoms with van der Waals surface area (Å²) in [6.07, 6.45) is 44.5. The van der Waals surface area contributed by atoms with Gasteiger partial charge in [0.05, 0.1) is 11.3 Å². The topological polar surface area (TPSA) is 82.1 Å². The van der Waals surface area contributed by atoms with Crippen LogP contribution >= 0.6 is 0 Å². The third-order valence-corrected chi connectivity index (χ3v) is 10.2. The Bertz CT molecular complexity index is 1000. The third kappa shape index (κ3) is 28.7. The van der Waals surface area contributed by atoms with Crippen molar-refractivity contribution in [3.63, 3.8) is 0 Å². The van der Waals surface area contributed by atoms with Crippen LogP contribution in [-0.2, 0) is 28.6 Å². The van der Waals surface area contributed by atoms with Crippen molar-refractivity contribution < 1.29 is 28.6 Å². The van der Waals surface area contributed by atoms with Crippen LogP contribution < -0.4 is 0 Å². The lowest BCUT2D eigenvalue weighted by Crippen LogP contribution is -2.35. The number of carbonyl (C=O) groups is 3. The highest BCUT2D eigenvalue weighted by Gasteiger charge is 2.40. The zero-order chi connectivity index (χ0) is 39.4. The van der Waals surface area contributed by atoms with E-state index < -0.39 is 11.3 Å². The lowest BCUT2D eigenvalue weighted by molar-refractivity contribution is -0.159. The Balaban J connectivity index is 2.28. The van der Waals surface area contributed by atoms with Crippen molar-refractivity contribution in [2.24, 2.45) is 11.3 Å². The van der Waals surface area contributed by atoms with Crippen LogP contribution in [-0.4, -0.2) is 62.8 Å². The molecule has 54 heavy (non-hydrogen) atoms. The number of carbonyl (C=O) groups excluding carboxylic acids is 3. The van der Waals surface area contributed by atoms with Crippen LogP contribution in [0.4, 0.5) is 0 Å². The maximum absolute atomic E-state index is 13.0. The van der Waals surface area contributed by atoms with Crippen LogP contribution in [0.5, 0.6) is 0 Å². The standard InChI is InChI=1S/C47H81NO6/c1-5-7-9-11-13-15-17-19-21-23-25-27-29-31-33-35-44(49)52-39-43(41-54-46(51)47(3)37-38-48(4)42-47)40-53-45(50)36-34-32-30-28-26-24-22-20-18-16-14-12-10-8-6-2/h13-16,19-22,43H,5-12,17-18,23-42H2,1-4H3. The second-order valence-electron chi connectivity index (χ2n) is 15.8. The average molecular weight is 756 g/mol. The molecule has 1 rings (SSSR count). The molecule has 0 radical (unpaired) electrons. The highest BCUT2D eigenvalue weighted by molar-refractivity contribution is 5.77. The molecule has 0 aromatic carbocycles. The van der Waals surface area contributed by atoms with Gasteiger partial charge in [-0.2, -0.15) is 0 Å². The normalized spacial score (nSPS) is 17.0. The van der Waals surface area contributed by atoms with Crippen LogP contribution in [0.15, 0.2) is 48.6 Å². The highest BCUT2D eigenvalue weighted by Crippen LogP contribution is 2.30. The van der Waals surface area contributed by atoms with E-state index in [2.05, 4.69) is 67.4 Å². The molecule has 7 nitrogen and oxygen atoms in total. The van der Waals surface area contributed by atoms with Crippen molar-refractivity contribution in [1.82, 2.24) is 4.90 Å². The Morgan fingerprint density at radius 2 is 0.944 bits per heavy atom. The number of allylic oxidation sites excluding steroid dienone is 8. The Morgan fingerprint density at radius 1 is 0.556 bits per heavy atom. The molecule has 0 aliphatic carbocycles. The molecule has 0 N–H and O–H groups in total. The Kier molecular flexibility index (Phi) is 31.8. The van der Waals surface area contributed by atoms with Gasteiger partial charge in [-0.05, 0) is 104 Å². The number of esters is 3. The second-order valence-corrected chi connectivity index (χ2v) is 15.8. The number of rotatable bonds is 35. The fraction of sp³-hybridized carbons (Fsp3) is 0.766. The summed E-state index contributed by atoms with van der Waals surface area (Å²) in [4.78, 5) is 40.2. The fourth-order valence-electron chi connectivity index (χ4n) is 6.60. The van der Waals surface area contributed by atoms with Gasteiger partial charge in [0.15, 0.2) is 0 Å². The van der Waals surface area contributed by atoms with E-state index in [1.807, 2.05) is 14.0 Å². The van der Waals surface area contributed by atoms with Crippen molar-refractivity contribution in [2.45, 2.75) is 181 Å². The molecule has 0 saturated carbocycles. The molecule has 1 aliphatic rings. The number of hydrogen-bond donors (Lipinski definition) is 0. The van der Waals surface area contributed by atoms with Gasteiger partial charge in [-0.1, -0.05) is 127 Å². The Morgan fingerprint density at radius 3 is 1.35 bits per heavy atom. The predicted molar refractivity (Wildman–Crippen MR) is 225 cm³/mol. The Labute approximate surface area is 331 Å². The first-order chi connectivity index (χ1) is 26.3. The lowest BCUT2D eigenvalue weighted by atomic mass is 9.90. The molecule has 1 saturated heterocycles. The van der Waals surface area contributed by atoms with Gasteiger partial charge < -0.3 is 19.1 Å². The molecule has 310 valence electrons. The second kappa shape index (κ2) is 34.8. The van der Waals surface area contributed by atoms with E-state index in [1.165, 1.54) is 64.2 Å². The molecule has 0 amide bonds. The molecule has 1 fully saturated rings. The molecular weight excluding hydrogens is 675 g/mol. The monoisotopic (exact) mass is 756 g/mol. The third-order valence-electron chi connectivity index (χ3n) is 10.2. The zero-order valence-electron chi connectivity index (χ0n) is 35.3. The van der Waals surface area contributed by atoms with Crippen molar-refractivity contribution in [1.29, 1.82) is 0 Å². The molecular formula is C47H81NO6. The van der Waals surface area contributed by atoms with Crippen LogP contribution in [0.3, 0.4) is 0 Å². The average Bonchev–Trinajstić information content (AvgIpc) is 3.53. The first kappa shape index (κ1) is 49.3. The maximum Gasteiger partial charge on any atom is 0.313 e. The summed E-state index contributed by atoms with van der Waals surface area (Å²) in [5.41, 5.74) is -0.547. The quantitative estimate of drug-likeness (QED) is 0.0276. The largest absolute Gasteiger partial charge is 0.465 e. The van der Waals surface area contributed by atoms with Gasteiger partial charge >= 0.3 is 17.9 Å². The summed E-state index contributed by atoms with van der Waals surface area (Å²) in [5.74, 6) is -1.14. The summed E-state index contributed by atoms with van der Waals surface area (Å²) in [6, 6.07) is 0. The minimum absolute atomic E-state index is 0.0616. The first-order valence-corrected chi connectivity index (χ1v) is 22.1. The predicted octanol–water partition coefficient (Wildman–Crippen LogP) is 12.2. The van der Waals surface area contributed by atoms with Gasteiger partial charge in [-0.25, -0.2) is 0 Å². The summed E-state index contributed by atoms with van der Waals surface area (Å²) < 4.78 is 16.9. The zero-order valence-corrected chi connectivity index (χ0v) is 35.3. The number of hydrogen-bond acceptors (Lipinski definition) is 7. The van der Waals surface area contributed by atoms with E-state index in [0.29, 0.717) is 19.4 Å². The number of ether oxygens (including phenoxy) is 3. The maximum atomic E-state index is 13.0. The SMILES string of the molecule is CCCCCC=CCC=CCCCCCCCC(=O)OCC(COC(=O)CCCCCCCC=CCC=CCCCCC)COC(=O)C1(C)CCN(C)C1. The van der Waals surface area contributed by atoms with E-state index in [0.717, 1.165) is 90.0 Å². The fourth-order valence-corrected chi connectivity index (χ4v) is 6.60. The van der Waals surface area contributed by atoms with E-state index in [9.17, 15) is 14.4 Å². The molecule has 0 spiro atoms. The molecule has 0 aromatic heterocycles. The minimum Gasteiger partial charge on any atom is -0.465 e. The van der Waals surface area contributed by atoms with Crippen LogP contribution in [0.2, 0.25) is 0 Å². The van der Waals surface area contributed by atoms with Gasteiger partial charge in [0.2, 0.25) is 0 Å². The highest BCUT2D eigenvalue weighted by atomic mass is 16.6. The van der Waals surface area contributed by atoms with Crippen LogP contribution in [0.1, 0.15) is 181 Å². The van der Waals surface area contributed by atoms with E-state index in [-0.39, 0.29) is 37.7 Å².